The highest BCUT2D eigenvalue weighted by Gasteiger charge is 2.03. The molecule has 6 nitrogen and oxygen atoms in total. The van der Waals surface area contributed by atoms with Crippen LogP contribution >= 0.6 is 0 Å². The molecule has 0 saturated heterocycles. The predicted octanol–water partition coefficient (Wildman–Crippen LogP) is 0.763. The van der Waals surface area contributed by atoms with Crippen LogP contribution < -0.4 is 10.1 Å². The van der Waals surface area contributed by atoms with Crippen LogP contribution in [-0.4, -0.2) is 22.2 Å². The lowest BCUT2D eigenvalue weighted by molar-refractivity contribution is 0.389. The van der Waals surface area contributed by atoms with Gasteiger partial charge in [-0.1, -0.05) is 11.2 Å². The number of aromatic nitrogens is 3. The Kier molecular flexibility index (Phi) is 3.45. The summed E-state index contributed by atoms with van der Waals surface area (Å²) in [6, 6.07) is 3.82. The van der Waals surface area contributed by atoms with Crippen LogP contribution in [0.1, 0.15) is 11.4 Å². The molecule has 2 aromatic rings. The molecule has 0 aliphatic heterocycles. The molecule has 0 unspecified atom stereocenters. The smallest absolute Gasteiger partial charge is 0.217 e. The Morgan fingerprint density at radius 3 is 3.06 bits per heavy atom. The van der Waals surface area contributed by atoms with Crippen molar-refractivity contribution in [1.82, 2.24) is 20.4 Å². The maximum Gasteiger partial charge on any atom is 0.217 e. The fourth-order valence-corrected chi connectivity index (χ4v) is 1.32. The second kappa shape index (κ2) is 5.22. The molecule has 0 spiro atoms. The average molecular weight is 220 g/mol. The molecule has 0 fully saturated rings. The van der Waals surface area contributed by atoms with Gasteiger partial charge >= 0.3 is 0 Å². The Bertz CT molecular complexity index is 430. The molecule has 1 N–H and O–H groups in total. The Morgan fingerprint density at radius 1 is 1.38 bits per heavy atom. The van der Waals surface area contributed by atoms with E-state index in [0.717, 1.165) is 5.56 Å². The molecule has 6 heteroatoms. The van der Waals surface area contributed by atoms with Crippen molar-refractivity contribution in [2.45, 2.75) is 13.1 Å². The molecule has 0 aromatic carbocycles. The lowest BCUT2D eigenvalue weighted by Gasteiger charge is -2.06. The molecule has 0 amide bonds. The summed E-state index contributed by atoms with van der Waals surface area (Å²) in [4.78, 5) is 8.00. The largest absolute Gasteiger partial charge is 0.481 e. The number of methoxy groups -OCH3 is 1. The van der Waals surface area contributed by atoms with Gasteiger partial charge < -0.3 is 14.6 Å². The van der Waals surface area contributed by atoms with Crippen molar-refractivity contribution in [1.29, 1.82) is 0 Å². The molecule has 0 bridgehead atoms. The number of ether oxygens (including phenoxy) is 1. The van der Waals surface area contributed by atoms with Gasteiger partial charge in [0.05, 0.1) is 13.7 Å². The summed E-state index contributed by atoms with van der Waals surface area (Å²) < 4.78 is 9.76. The van der Waals surface area contributed by atoms with Crippen LogP contribution in [0, 0.1) is 0 Å². The van der Waals surface area contributed by atoms with Crippen molar-refractivity contribution in [2.24, 2.45) is 0 Å². The first kappa shape index (κ1) is 10.6. The van der Waals surface area contributed by atoms with Crippen molar-refractivity contribution in [3.05, 3.63) is 36.1 Å². The van der Waals surface area contributed by atoms with Crippen LogP contribution in [0.25, 0.3) is 0 Å². The molecule has 2 heterocycles. The van der Waals surface area contributed by atoms with E-state index in [9.17, 15) is 0 Å². The van der Waals surface area contributed by atoms with Crippen molar-refractivity contribution >= 4 is 0 Å². The van der Waals surface area contributed by atoms with Crippen LogP contribution in [0.15, 0.2) is 29.2 Å². The van der Waals surface area contributed by atoms with Gasteiger partial charge in [-0.15, -0.1) is 0 Å². The Labute approximate surface area is 92.7 Å². The number of hydrogen-bond donors (Lipinski definition) is 1. The number of nitrogens with zero attached hydrogens (tertiary/aromatic N) is 3. The Hall–Kier alpha value is -1.95. The van der Waals surface area contributed by atoms with Gasteiger partial charge in [0, 0.05) is 18.3 Å². The molecule has 16 heavy (non-hydrogen) atoms. The summed E-state index contributed by atoms with van der Waals surface area (Å²) >= 11 is 0. The zero-order valence-corrected chi connectivity index (χ0v) is 8.88. The molecule has 2 aromatic heterocycles. The monoisotopic (exact) mass is 220 g/mol. The van der Waals surface area contributed by atoms with E-state index in [0.29, 0.717) is 24.8 Å². The lowest BCUT2D eigenvalue weighted by Crippen LogP contribution is -2.14. The molecule has 0 radical (unpaired) electrons. The van der Waals surface area contributed by atoms with Crippen molar-refractivity contribution < 1.29 is 9.26 Å². The SMILES string of the molecule is COc1ncccc1CNCc1ncon1. The van der Waals surface area contributed by atoms with Crippen molar-refractivity contribution in [3.63, 3.8) is 0 Å². The normalized spacial score (nSPS) is 10.3. The summed E-state index contributed by atoms with van der Waals surface area (Å²) in [6.45, 7) is 1.19. The molecule has 0 aliphatic carbocycles. The minimum absolute atomic E-state index is 0.550. The van der Waals surface area contributed by atoms with Crippen LogP contribution in [0.3, 0.4) is 0 Å². The van der Waals surface area contributed by atoms with E-state index in [-0.39, 0.29) is 0 Å². The summed E-state index contributed by atoms with van der Waals surface area (Å²) in [6.07, 6.45) is 3.00. The number of hydrogen-bond acceptors (Lipinski definition) is 6. The maximum absolute atomic E-state index is 5.13. The topological polar surface area (TPSA) is 73.1 Å². The molecular formula is C10H12N4O2. The summed E-state index contributed by atoms with van der Waals surface area (Å²) in [7, 11) is 1.60. The second-order valence-electron chi connectivity index (χ2n) is 3.12. The van der Waals surface area contributed by atoms with Crippen LogP contribution in [-0.2, 0) is 13.1 Å². The van der Waals surface area contributed by atoms with Crippen molar-refractivity contribution in [3.8, 4) is 5.88 Å². The van der Waals surface area contributed by atoms with E-state index >= 15 is 0 Å². The molecule has 2 rings (SSSR count). The van der Waals surface area contributed by atoms with Crippen LogP contribution in [0.4, 0.5) is 0 Å². The van der Waals surface area contributed by atoms with Gasteiger partial charge in [-0.25, -0.2) is 4.98 Å². The standard InChI is InChI=1S/C10H12N4O2/c1-15-10-8(3-2-4-12-10)5-11-6-9-13-7-16-14-9/h2-4,7,11H,5-6H2,1H3. The third-order valence-electron chi connectivity index (χ3n) is 2.05. The Balaban J connectivity index is 1.89. The number of pyridine rings is 1. The van der Waals surface area contributed by atoms with Gasteiger partial charge in [0.25, 0.3) is 0 Å². The van der Waals surface area contributed by atoms with Gasteiger partial charge in [0.2, 0.25) is 12.3 Å². The first-order valence-corrected chi connectivity index (χ1v) is 4.84. The van der Waals surface area contributed by atoms with Crippen molar-refractivity contribution in [2.75, 3.05) is 7.11 Å². The fraction of sp³-hybridized carbons (Fsp3) is 0.300. The minimum atomic E-state index is 0.550. The van der Waals surface area contributed by atoms with Crippen LogP contribution in [0.5, 0.6) is 5.88 Å². The maximum atomic E-state index is 5.13. The van der Waals surface area contributed by atoms with Gasteiger partial charge in [0.15, 0.2) is 5.82 Å². The van der Waals surface area contributed by atoms with Crippen LogP contribution in [0.2, 0.25) is 0 Å². The van der Waals surface area contributed by atoms with Gasteiger partial charge in [0.1, 0.15) is 0 Å². The molecule has 0 saturated carbocycles. The zero-order valence-electron chi connectivity index (χ0n) is 8.88. The molecule has 0 aliphatic rings. The average Bonchev–Trinajstić information content (AvgIpc) is 2.83. The minimum Gasteiger partial charge on any atom is -0.481 e. The fourth-order valence-electron chi connectivity index (χ4n) is 1.32. The lowest BCUT2D eigenvalue weighted by atomic mass is 10.2. The predicted molar refractivity (Wildman–Crippen MR) is 55.6 cm³/mol. The first-order chi connectivity index (χ1) is 7.90. The highest BCUT2D eigenvalue weighted by molar-refractivity contribution is 5.24. The number of nitrogens with one attached hydrogen (secondary N) is 1. The second-order valence-corrected chi connectivity index (χ2v) is 3.12. The van der Waals surface area contributed by atoms with E-state index in [4.69, 9.17) is 4.74 Å². The quantitative estimate of drug-likeness (QED) is 0.802. The number of rotatable bonds is 5. The molecular weight excluding hydrogens is 208 g/mol. The summed E-state index contributed by atoms with van der Waals surface area (Å²) in [5, 5.41) is 6.87. The third kappa shape index (κ3) is 2.54. The molecule has 0 atom stereocenters. The third-order valence-corrected chi connectivity index (χ3v) is 2.05. The van der Waals surface area contributed by atoms with E-state index in [1.165, 1.54) is 6.39 Å². The highest BCUT2D eigenvalue weighted by atomic mass is 16.5. The molecule has 84 valence electrons. The van der Waals surface area contributed by atoms with E-state index in [2.05, 4.69) is 25.0 Å². The van der Waals surface area contributed by atoms with E-state index in [1.807, 2.05) is 12.1 Å². The first-order valence-electron chi connectivity index (χ1n) is 4.84. The Morgan fingerprint density at radius 2 is 2.31 bits per heavy atom. The van der Waals surface area contributed by atoms with Gasteiger partial charge in [-0.2, -0.15) is 4.98 Å². The summed E-state index contributed by atoms with van der Waals surface area (Å²) in [5.41, 5.74) is 0.994. The highest BCUT2D eigenvalue weighted by Crippen LogP contribution is 2.12. The summed E-state index contributed by atoms with van der Waals surface area (Å²) in [5.74, 6) is 1.26. The van der Waals surface area contributed by atoms with Gasteiger partial charge in [-0.3, -0.25) is 0 Å². The van der Waals surface area contributed by atoms with Gasteiger partial charge in [-0.05, 0) is 6.07 Å². The van der Waals surface area contributed by atoms with E-state index in [1.54, 1.807) is 13.3 Å². The zero-order chi connectivity index (χ0) is 11.2. The van der Waals surface area contributed by atoms with E-state index < -0.39 is 0 Å².